The quantitative estimate of drug-likeness (QED) is 0.288. The highest BCUT2D eigenvalue weighted by molar-refractivity contribution is 5.95. The number of rotatable bonds is 3. The minimum atomic E-state index is -2.23. The Labute approximate surface area is 194 Å². The molecule has 2 fully saturated rings. The van der Waals surface area contributed by atoms with E-state index < -0.39 is 58.0 Å². The summed E-state index contributed by atoms with van der Waals surface area (Å²) in [6.45, 7) is 12.1. The molecule has 0 amide bonds. The van der Waals surface area contributed by atoms with Crippen LogP contribution in [0.1, 0.15) is 54.9 Å². The Morgan fingerprint density at radius 1 is 1.15 bits per heavy atom. The van der Waals surface area contributed by atoms with Crippen molar-refractivity contribution in [3.8, 4) is 0 Å². The van der Waals surface area contributed by atoms with Crippen LogP contribution in [0.5, 0.6) is 0 Å². The molecule has 8 atom stereocenters. The SMILES string of the molecule is CC1=CC23C(=O)[C@@H](C=C(COC(=O)C(C)=C(C)C)[C@@H](O)[C@]2(O)[C@H]1O)[C@@H]1C(C)(C)[C@]1(O)CC3C. The maximum Gasteiger partial charge on any atom is 0.333 e. The zero-order valence-corrected chi connectivity index (χ0v) is 20.5. The molecule has 2 unspecified atom stereocenters. The van der Waals surface area contributed by atoms with Crippen molar-refractivity contribution in [3.63, 3.8) is 0 Å². The summed E-state index contributed by atoms with van der Waals surface area (Å²) in [6, 6.07) is 0. The van der Waals surface area contributed by atoms with Gasteiger partial charge in [0.1, 0.15) is 24.4 Å². The van der Waals surface area contributed by atoms with Crippen molar-refractivity contribution in [2.75, 3.05) is 6.61 Å². The van der Waals surface area contributed by atoms with Gasteiger partial charge in [0.15, 0.2) is 5.78 Å². The Balaban J connectivity index is 1.86. The third-order valence-corrected chi connectivity index (χ3v) is 9.34. The number of ether oxygens (including phenoxy) is 1. The van der Waals surface area contributed by atoms with Crippen LogP contribution in [0, 0.1) is 28.6 Å². The van der Waals surface area contributed by atoms with E-state index in [1.54, 1.807) is 46.8 Å². The van der Waals surface area contributed by atoms with Crippen LogP contribution >= 0.6 is 0 Å². The van der Waals surface area contributed by atoms with E-state index >= 15 is 0 Å². The minimum Gasteiger partial charge on any atom is -0.458 e. The van der Waals surface area contributed by atoms with Crippen LogP contribution in [0.2, 0.25) is 0 Å². The standard InChI is InChI=1S/C26H36O7/c1-12(2)15(5)22(30)33-11-16-8-17-18-23(6,7)25(18,31)10-14(4)24(21(17)29)9-13(3)19(27)26(24,32)20(16)28/h8-9,14,17-20,27-28,31-32H,10-11H2,1-7H3/t14?,17-,18+,19-,20+,24?,25-,26+/m0/s1. The largest absolute Gasteiger partial charge is 0.458 e. The first kappa shape index (κ1) is 24.3. The first-order valence-corrected chi connectivity index (χ1v) is 11.6. The molecule has 7 heteroatoms. The number of fused-ring (bicyclic) bond motifs is 3. The molecule has 0 aromatic carbocycles. The molecule has 7 nitrogen and oxygen atoms in total. The lowest BCUT2D eigenvalue weighted by Gasteiger charge is -2.48. The number of ketones is 1. The molecule has 2 bridgehead atoms. The number of hydrogen-bond acceptors (Lipinski definition) is 7. The smallest absolute Gasteiger partial charge is 0.333 e. The molecule has 0 heterocycles. The van der Waals surface area contributed by atoms with Crippen LogP contribution in [-0.2, 0) is 14.3 Å². The highest BCUT2D eigenvalue weighted by atomic mass is 16.5. The highest BCUT2D eigenvalue weighted by Gasteiger charge is 2.81. The zero-order valence-electron chi connectivity index (χ0n) is 20.5. The summed E-state index contributed by atoms with van der Waals surface area (Å²) in [4.78, 5) is 26.6. The van der Waals surface area contributed by atoms with Crippen LogP contribution in [0.3, 0.4) is 0 Å². The number of Topliss-reactive ketones (excluding diaryl/α,β-unsaturated/α-hetero) is 1. The molecule has 1 spiro atoms. The van der Waals surface area contributed by atoms with E-state index in [-0.39, 0.29) is 24.4 Å². The number of aliphatic hydroxyl groups is 4. The number of allylic oxidation sites excluding steroid dienone is 2. The lowest BCUT2D eigenvalue weighted by Crippen LogP contribution is -2.65. The lowest BCUT2D eigenvalue weighted by atomic mass is 9.59. The predicted molar refractivity (Wildman–Crippen MR) is 121 cm³/mol. The topological polar surface area (TPSA) is 124 Å². The van der Waals surface area contributed by atoms with Crippen molar-refractivity contribution in [1.29, 1.82) is 0 Å². The lowest BCUT2D eigenvalue weighted by molar-refractivity contribution is -0.191. The molecule has 4 aliphatic rings. The third-order valence-electron chi connectivity index (χ3n) is 9.34. The fourth-order valence-electron chi connectivity index (χ4n) is 6.98. The fourth-order valence-corrected chi connectivity index (χ4v) is 6.98. The summed E-state index contributed by atoms with van der Waals surface area (Å²) in [6.07, 6.45) is 0.307. The summed E-state index contributed by atoms with van der Waals surface area (Å²) in [5.74, 6) is -2.63. The number of hydrogen-bond donors (Lipinski definition) is 4. The average molecular weight is 461 g/mol. The zero-order chi connectivity index (χ0) is 24.9. The summed E-state index contributed by atoms with van der Waals surface area (Å²) < 4.78 is 5.44. The van der Waals surface area contributed by atoms with Gasteiger partial charge in [-0.2, -0.15) is 0 Å². The molecule has 4 aliphatic carbocycles. The molecule has 0 aromatic rings. The Bertz CT molecular complexity index is 1020. The number of carbonyl (C=O) groups excluding carboxylic acids is 2. The molecule has 4 N–H and O–H groups in total. The second-order valence-corrected chi connectivity index (χ2v) is 11.4. The third kappa shape index (κ3) is 2.76. The van der Waals surface area contributed by atoms with Gasteiger partial charge < -0.3 is 25.2 Å². The van der Waals surface area contributed by atoms with E-state index in [0.717, 1.165) is 5.57 Å². The van der Waals surface area contributed by atoms with Gasteiger partial charge in [-0.15, -0.1) is 0 Å². The Kier molecular flexibility index (Phi) is 5.24. The predicted octanol–water partition coefficient (Wildman–Crippen LogP) is 1.84. The second-order valence-electron chi connectivity index (χ2n) is 11.4. The van der Waals surface area contributed by atoms with Gasteiger partial charge in [-0.05, 0) is 51.2 Å². The van der Waals surface area contributed by atoms with E-state index in [1.165, 1.54) is 0 Å². The van der Waals surface area contributed by atoms with Crippen LogP contribution in [-0.4, -0.2) is 62.2 Å². The summed E-state index contributed by atoms with van der Waals surface area (Å²) in [5.41, 5.74) is -3.67. The number of carbonyl (C=O) groups is 2. The molecule has 2 saturated carbocycles. The second kappa shape index (κ2) is 7.11. The van der Waals surface area contributed by atoms with Gasteiger partial charge in [0.05, 0.1) is 11.0 Å². The van der Waals surface area contributed by atoms with Crippen molar-refractivity contribution < 1.29 is 34.8 Å². The van der Waals surface area contributed by atoms with Crippen molar-refractivity contribution in [1.82, 2.24) is 0 Å². The maximum atomic E-state index is 14.2. The molecular formula is C26H36O7. The molecule has 33 heavy (non-hydrogen) atoms. The van der Waals surface area contributed by atoms with Gasteiger partial charge in [0, 0.05) is 22.8 Å². The highest BCUT2D eigenvalue weighted by Crippen LogP contribution is 2.73. The average Bonchev–Trinajstić information content (AvgIpc) is 3.11. The minimum absolute atomic E-state index is 0.161. The van der Waals surface area contributed by atoms with Crippen molar-refractivity contribution in [2.24, 2.45) is 28.6 Å². The van der Waals surface area contributed by atoms with E-state index in [2.05, 4.69) is 0 Å². The maximum absolute atomic E-state index is 14.2. The van der Waals surface area contributed by atoms with Crippen molar-refractivity contribution >= 4 is 11.8 Å². The number of esters is 1. The van der Waals surface area contributed by atoms with E-state index in [9.17, 15) is 30.0 Å². The molecular weight excluding hydrogens is 424 g/mol. The Hall–Kier alpha value is -1.80. The van der Waals surface area contributed by atoms with Crippen LogP contribution < -0.4 is 0 Å². The summed E-state index contributed by atoms with van der Waals surface area (Å²) in [5, 5.41) is 46.0. The van der Waals surface area contributed by atoms with Crippen molar-refractivity contribution in [3.05, 3.63) is 34.4 Å². The van der Waals surface area contributed by atoms with Crippen LogP contribution in [0.25, 0.3) is 0 Å². The van der Waals surface area contributed by atoms with Gasteiger partial charge in [-0.25, -0.2) is 4.79 Å². The normalized spacial score (nSPS) is 45.1. The van der Waals surface area contributed by atoms with Gasteiger partial charge in [0.25, 0.3) is 0 Å². The fraction of sp³-hybridized carbons (Fsp3) is 0.692. The summed E-state index contributed by atoms with van der Waals surface area (Å²) in [7, 11) is 0. The molecule has 182 valence electrons. The van der Waals surface area contributed by atoms with Gasteiger partial charge in [-0.3, -0.25) is 4.79 Å². The first-order chi connectivity index (χ1) is 15.1. The van der Waals surface area contributed by atoms with E-state index in [0.29, 0.717) is 11.1 Å². The molecule has 0 aromatic heterocycles. The molecule has 4 rings (SSSR count). The summed E-state index contributed by atoms with van der Waals surface area (Å²) >= 11 is 0. The van der Waals surface area contributed by atoms with E-state index in [1.807, 2.05) is 13.8 Å². The molecule has 0 saturated heterocycles. The number of aliphatic hydroxyl groups excluding tert-OH is 2. The first-order valence-electron chi connectivity index (χ1n) is 11.6. The van der Waals surface area contributed by atoms with Crippen LogP contribution in [0.4, 0.5) is 0 Å². The Morgan fingerprint density at radius 3 is 2.33 bits per heavy atom. The van der Waals surface area contributed by atoms with Gasteiger partial charge in [-0.1, -0.05) is 38.5 Å². The van der Waals surface area contributed by atoms with E-state index in [4.69, 9.17) is 4.74 Å². The Morgan fingerprint density at radius 2 is 1.76 bits per heavy atom. The van der Waals surface area contributed by atoms with Gasteiger partial charge in [0.2, 0.25) is 0 Å². The molecule has 0 aliphatic heterocycles. The van der Waals surface area contributed by atoms with Crippen molar-refractivity contribution in [2.45, 2.75) is 78.3 Å². The van der Waals surface area contributed by atoms with Crippen LogP contribution in [0.15, 0.2) is 34.4 Å². The molecule has 0 radical (unpaired) electrons. The van der Waals surface area contributed by atoms with Gasteiger partial charge >= 0.3 is 5.97 Å². The monoisotopic (exact) mass is 460 g/mol.